The molecule has 1 N–H and O–H groups in total. The van der Waals surface area contributed by atoms with E-state index < -0.39 is 0 Å². The minimum Gasteiger partial charge on any atom is -0.497 e. The van der Waals surface area contributed by atoms with E-state index in [2.05, 4.69) is 21.2 Å². The van der Waals surface area contributed by atoms with E-state index in [9.17, 15) is 4.79 Å². The number of benzene rings is 3. The summed E-state index contributed by atoms with van der Waals surface area (Å²) in [5.41, 5.74) is 2.59. The van der Waals surface area contributed by atoms with E-state index in [4.69, 9.17) is 4.74 Å². The second kappa shape index (κ2) is 7.99. The first kappa shape index (κ1) is 17.2. The van der Waals surface area contributed by atoms with Crippen molar-refractivity contribution in [3.63, 3.8) is 0 Å². The van der Waals surface area contributed by atoms with Gasteiger partial charge in [0.25, 0.3) is 5.91 Å². The van der Waals surface area contributed by atoms with Crippen molar-refractivity contribution in [2.45, 2.75) is 6.04 Å². The third-order valence-corrected chi connectivity index (χ3v) is 4.68. The Balaban J connectivity index is 1.95. The summed E-state index contributed by atoms with van der Waals surface area (Å²) in [6.45, 7) is 0. The molecule has 126 valence electrons. The second-order valence-corrected chi connectivity index (χ2v) is 6.42. The molecular formula is C21H18BrNO2. The molecule has 4 heteroatoms. The summed E-state index contributed by atoms with van der Waals surface area (Å²) in [4.78, 5) is 12.8. The summed E-state index contributed by atoms with van der Waals surface area (Å²) in [5.74, 6) is 0.508. The van der Waals surface area contributed by atoms with E-state index in [0.717, 1.165) is 15.6 Å². The third-order valence-electron chi connectivity index (χ3n) is 3.96. The second-order valence-electron chi connectivity index (χ2n) is 5.57. The van der Waals surface area contributed by atoms with Gasteiger partial charge in [-0.2, -0.15) is 0 Å². The Morgan fingerprint density at radius 3 is 2.40 bits per heavy atom. The summed E-state index contributed by atoms with van der Waals surface area (Å²) in [6.07, 6.45) is 0. The van der Waals surface area contributed by atoms with Crippen molar-refractivity contribution >= 4 is 21.8 Å². The highest BCUT2D eigenvalue weighted by atomic mass is 79.9. The fraction of sp³-hybridized carbons (Fsp3) is 0.0952. The molecule has 1 amide bonds. The van der Waals surface area contributed by atoms with Crippen molar-refractivity contribution in [2.24, 2.45) is 0 Å². The van der Waals surface area contributed by atoms with Crippen LogP contribution in [-0.2, 0) is 0 Å². The fourth-order valence-corrected chi connectivity index (χ4v) is 3.19. The first-order chi connectivity index (χ1) is 12.2. The molecule has 0 aliphatic rings. The topological polar surface area (TPSA) is 38.3 Å². The van der Waals surface area contributed by atoms with E-state index >= 15 is 0 Å². The van der Waals surface area contributed by atoms with Crippen LogP contribution in [0.5, 0.6) is 5.75 Å². The van der Waals surface area contributed by atoms with Crippen LogP contribution in [0.2, 0.25) is 0 Å². The molecule has 0 aliphatic carbocycles. The Morgan fingerprint density at radius 1 is 0.960 bits per heavy atom. The van der Waals surface area contributed by atoms with Crippen molar-refractivity contribution in [2.75, 3.05) is 7.11 Å². The fourth-order valence-electron chi connectivity index (χ4n) is 2.67. The molecule has 0 aromatic heterocycles. The number of hydrogen-bond acceptors (Lipinski definition) is 2. The molecule has 0 spiro atoms. The molecule has 0 bridgehead atoms. The number of rotatable bonds is 5. The van der Waals surface area contributed by atoms with Crippen molar-refractivity contribution < 1.29 is 9.53 Å². The van der Waals surface area contributed by atoms with Gasteiger partial charge in [-0.1, -0.05) is 70.5 Å². The van der Waals surface area contributed by atoms with Gasteiger partial charge < -0.3 is 10.1 Å². The molecule has 1 unspecified atom stereocenters. The lowest BCUT2D eigenvalue weighted by Crippen LogP contribution is -2.29. The maximum atomic E-state index is 12.8. The van der Waals surface area contributed by atoms with Crippen LogP contribution in [0.4, 0.5) is 0 Å². The SMILES string of the molecule is COc1cccc(C(=O)NC(c2ccccc2)c2ccccc2Br)c1. The minimum atomic E-state index is -0.254. The Morgan fingerprint density at radius 2 is 1.68 bits per heavy atom. The third kappa shape index (κ3) is 4.09. The molecule has 1 atom stereocenters. The molecule has 0 aliphatic heterocycles. The van der Waals surface area contributed by atoms with Crippen molar-refractivity contribution in [1.29, 1.82) is 0 Å². The number of carbonyl (C=O) groups is 1. The lowest BCUT2D eigenvalue weighted by molar-refractivity contribution is 0.0942. The van der Waals surface area contributed by atoms with Crippen LogP contribution in [-0.4, -0.2) is 13.0 Å². The number of halogens is 1. The van der Waals surface area contributed by atoms with E-state index in [1.807, 2.05) is 66.7 Å². The molecule has 0 saturated heterocycles. The average Bonchev–Trinajstić information content (AvgIpc) is 2.67. The normalized spacial score (nSPS) is 11.6. The first-order valence-electron chi connectivity index (χ1n) is 7.93. The van der Waals surface area contributed by atoms with Crippen LogP contribution in [0.15, 0.2) is 83.3 Å². The highest BCUT2D eigenvalue weighted by Gasteiger charge is 2.19. The lowest BCUT2D eigenvalue weighted by Gasteiger charge is -2.21. The van der Waals surface area contributed by atoms with Gasteiger partial charge in [-0.3, -0.25) is 4.79 Å². The van der Waals surface area contributed by atoms with Gasteiger partial charge in [0.15, 0.2) is 0 Å². The molecular weight excluding hydrogens is 378 g/mol. The van der Waals surface area contributed by atoms with E-state index in [1.165, 1.54) is 0 Å². The minimum absolute atomic E-state index is 0.150. The monoisotopic (exact) mass is 395 g/mol. The Bertz CT molecular complexity index is 865. The van der Waals surface area contributed by atoms with Gasteiger partial charge in [0.1, 0.15) is 5.75 Å². The molecule has 3 aromatic carbocycles. The predicted octanol–water partition coefficient (Wildman–Crippen LogP) is 4.98. The summed E-state index contributed by atoms with van der Waals surface area (Å²) >= 11 is 3.59. The number of amides is 1. The van der Waals surface area contributed by atoms with E-state index in [1.54, 1.807) is 19.2 Å². The van der Waals surface area contributed by atoms with Crippen LogP contribution in [0, 0.1) is 0 Å². The number of hydrogen-bond donors (Lipinski definition) is 1. The zero-order chi connectivity index (χ0) is 17.6. The average molecular weight is 396 g/mol. The molecule has 0 fully saturated rings. The van der Waals surface area contributed by atoms with Crippen LogP contribution in [0.25, 0.3) is 0 Å². The molecule has 0 saturated carbocycles. The number of ether oxygens (including phenoxy) is 1. The van der Waals surface area contributed by atoms with Crippen molar-refractivity contribution in [3.05, 3.63) is 100 Å². The molecule has 3 aromatic rings. The summed E-state index contributed by atoms with van der Waals surface area (Å²) in [7, 11) is 1.59. The highest BCUT2D eigenvalue weighted by Crippen LogP contribution is 2.29. The van der Waals surface area contributed by atoms with E-state index in [-0.39, 0.29) is 11.9 Å². The van der Waals surface area contributed by atoms with Gasteiger partial charge in [0.05, 0.1) is 13.2 Å². The molecule has 0 radical (unpaired) electrons. The van der Waals surface area contributed by atoms with E-state index in [0.29, 0.717) is 11.3 Å². The van der Waals surface area contributed by atoms with Gasteiger partial charge in [-0.25, -0.2) is 0 Å². The maximum absolute atomic E-state index is 12.8. The highest BCUT2D eigenvalue weighted by molar-refractivity contribution is 9.10. The Kier molecular flexibility index (Phi) is 5.51. The van der Waals surface area contributed by atoms with Crippen LogP contribution < -0.4 is 10.1 Å². The molecule has 0 heterocycles. The zero-order valence-electron chi connectivity index (χ0n) is 13.8. The first-order valence-corrected chi connectivity index (χ1v) is 8.72. The quantitative estimate of drug-likeness (QED) is 0.661. The van der Waals surface area contributed by atoms with Crippen molar-refractivity contribution in [3.8, 4) is 5.75 Å². The number of carbonyl (C=O) groups excluding carboxylic acids is 1. The smallest absolute Gasteiger partial charge is 0.252 e. The van der Waals surface area contributed by atoms with Gasteiger partial charge in [-0.05, 0) is 35.4 Å². The lowest BCUT2D eigenvalue weighted by atomic mass is 9.98. The van der Waals surface area contributed by atoms with Crippen LogP contribution in [0.1, 0.15) is 27.5 Å². The van der Waals surface area contributed by atoms with Gasteiger partial charge in [-0.15, -0.1) is 0 Å². The van der Waals surface area contributed by atoms with Gasteiger partial charge >= 0.3 is 0 Å². The van der Waals surface area contributed by atoms with Gasteiger partial charge in [0, 0.05) is 10.0 Å². The Labute approximate surface area is 155 Å². The predicted molar refractivity (Wildman–Crippen MR) is 103 cm³/mol. The number of nitrogens with one attached hydrogen (secondary N) is 1. The summed E-state index contributed by atoms with van der Waals surface area (Å²) < 4.78 is 6.16. The number of methoxy groups -OCH3 is 1. The zero-order valence-corrected chi connectivity index (χ0v) is 15.4. The molecule has 3 rings (SSSR count). The molecule has 25 heavy (non-hydrogen) atoms. The summed E-state index contributed by atoms with van der Waals surface area (Å²) in [6, 6.07) is 24.7. The largest absolute Gasteiger partial charge is 0.497 e. The summed E-state index contributed by atoms with van der Waals surface area (Å²) in [5, 5.41) is 3.13. The van der Waals surface area contributed by atoms with Gasteiger partial charge in [0.2, 0.25) is 0 Å². The molecule has 3 nitrogen and oxygen atoms in total. The van der Waals surface area contributed by atoms with Crippen LogP contribution >= 0.6 is 15.9 Å². The Hall–Kier alpha value is -2.59. The van der Waals surface area contributed by atoms with Crippen molar-refractivity contribution in [1.82, 2.24) is 5.32 Å². The maximum Gasteiger partial charge on any atom is 0.252 e. The standard InChI is InChI=1S/C21H18BrNO2/c1-25-17-11-7-10-16(14-17)21(24)23-20(15-8-3-2-4-9-15)18-12-5-6-13-19(18)22/h2-14,20H,1H3,(H,23,24). The van der Waals surface area contributed by atoms with Crippen LogP contribution in [0.3, 0.4) is 0 Å².